The first kappa shape index (κ1) is 18.1. The Morgan fingerprint density at radius 1 is 1.00 bits per heavy atom. The van der Waals surface area contributed by atoms with Crippen molar-refractivity contribution in [1.29, 1.82) is 0 Å². The van der Waals surface area contributed by atoms with Crippen molar-refractivity contribution in [2.24, 2.45) is 0 Å². The number of hydrogen-bond acceptors (Lipinski definition) is 4. The van der Waals surface area contributed by atoms with E-state index in [0.717, 1.165) is 0 Å². The zero-order valence-corrected chi connectivity index (χ0v) is 14.7. The van der Waals surface area contributed by atoms with E-state index in [2.05, 4.69) is 0 Å². The number of sulfone groups is 1. The van der Waals surface area contributed by atoms with Crippen LogP contribution in [0.15, 0.2) is 47.4 Å². The molecular formula is C15H11Cl3O4S. The highest BCUT2D eigenvalue weighted by atomic mass is 35.5. The molecule has 0 bridgehead atoms. The summed E-state index contributed by atoms with van der Waals surface area (Å²) in [5.41, 5.74) is 0. The molecular weight excluding hydrogens is 383 g/mol. The highest BCUT2D eigenvalue weighted by Gasteiger charge is 2.18. The lowest BCUT2D eigenvalue weighted by atomic mass is 10.3. The van der Waals surface area contributed by atoms with Crippen molar-refractivity contribution >= 4 is 50.6 Å². The molecule has 0 saturated carbocycles. The standard InChI is InChI=1S/C15H11Cl3O4S/c16-10-4-6-11(7-5-10)23(20,21)9-8-14(19)22-13-3-1-2-12(17)15(13)18/h1-7H,8-9H2. The number of benzene rings is 2. The summed E-state index contributed by atoms with van der Waals surface area (Å²) in [6.45, 7) is 0. The Balaban J connectivity index is 2.01. The first-order chi connectivity index (χ1) is 10.8. The molecule has 0 fully saturated rings. The maximum Gasteiger partial charge on any atom is 0.312 e. The molecule has 0 aliphatic heterocycles. The van der Waals surface area contributed by atoms with Gasteiger partial charge in [0, 0.05) is 5.02 Å². The second-order valence-electron chi connectivity index (χ2n) is 4.55. The van der Waals surface area contributed by atoms with Gasteiger partial charge in [0.05, 0.1) is 22.1 Å². The van der Waals surface area contributed by atoms with Crippen LogP contribution in [0.4, 0.5) is 0 Å². The van der Waals surface area contributed by atoms with Crippen LogP contribution in [0.1, 0.15) is 6.42 Å². The van der Waals surface area contributed by atoms with Crippen LogP contribution in [0.3, 0.4) is 0 Å². The van der Waals surface area contributed by atoms with E-state index in [-0.39, 0.29) is 32.9 Å². The second-order valence-corrected chi connectivity index (χ2v) is 7.88. The first-order valence-corrected chi connectivity index (χ1v) is 9.21. The monoisotopic (exact) mass is 392 g/mol. The number of carbonyl (C=O) groups is 1. The molecule has 0 radical (unpaired) electrons. The van der Waals surface area contributed by atoms with E-state index in [4.69, 9.17) is 39.5 Å². The van der Waals surface area contributed by atoms with Crippen molar-refractivity contribution < 1.29 is 17.9 Å². The van der Waals surface area contributed by atoms with Gasteiger partial charge >= 0.3 is 5.97 Å². The third kappa shape index (κ3) is 4.85. The van der Waals surface area contributed by atoms with Gasteiger partial charge in [-0.2, -0.15) is 0 Å². The molecule has 0 aliphatic carbocycles. The molecule has 2 rings (SSSR count). The molecule has 0 amide bonds. The predicted octanol–water partition coefficient (Wildman–Crippen LogP) is 4.42. The minimum absolute atomic E-state index is 0.0908. The van der Waals surface area contributed by atoms with Crippen molar-refractivity contribution in [2.75, 3.05) is 5.75 Å². The topological polar surface area (TPSA) is 60.4 Å². The fourth-order valence-electron chi connectivity index (χ4n) is 1.71. The van der Waals surface area contributed by atoms with Crippen molar-refractivity contribution in [3.8, 4) is 5.75 Å². The zero-order chi connectivity index (χ0) is 17.0. The van der Waals surface area contributed by atoms with Gasteiger partial charge in [-0.3, -0.25) is 4.79 Å². The summed E-state index contributed by atoms with van der Waals surface area (Å²) in [6.07, 6.45) is -0.312. The molecule has 0 aromatic heterocycles. The molecule has 0 saturated heterocycles. The van der Waals surface area contributed by atoms with E-state index in [1.54, 1.807) is 12.1 Å². The number of halogens is 3. The summed E-state index contributed by atoms with van der Waals surface area (Å²) in [4.78, 5) is 11.9. The minimum Gasteiger partial charge on any atom is -0.425 e. The molecule has 8 heteroatoms. The molecule has 4 nitrogen and oxygen atoms in total. The predicted molar refractivity (Wildman–Crippen MR) is 90.2 cm³/mol. The molecule has 2 aromatic rings. The number of carbonyl (C=O) groups excluding carboxylic acids is 1. The minimum atomic E-state index is -3.60. The summed E-state index contributed by atoms with van der Waals surface area (Å²) < 4.78 is 29.3. The quantitative estimate of drug-likeness (QED) is 0.557. The summed E-state index contributed by atoms with van der Waals surface area (Å²) in [5.74, 6) is -1.01. The molecule has 0 N–H and O–H groups in total. The van der Waals surface area contributed by atoms with Gasteiger partial charge in [0.25, 0.3) is 0 Å². The molecule has 0 spiro atoms. The zero-order valence-electron chi connectivity index (χ0n) is 11.6. The first-order valence-electron chi connectivity index (χ1n) is 6.42. The molecule has 0 heterocycles. The van der Waals surface area contributed by atoms with Crippen LogP contribution in [0.25, 0.3) is 0 Å². The van der Waals surface area contributed by atoms with Crippen molar-refractivity contribution in [1.82, 2.24) is 0 Å². The molecule has 0 atom stereocenters. The van der Waals surface area contributed by atoms with Gasteiger partial charge in [-0.25, -0.2) is 8.42 Å². The Bertz CT molecular complexity index is 817. The van der Waals surface area contributed by atoms with E-state index in [1.807, 2.05) is 0 Å². The Morgan fingerprint density at radius 3 is 2.30 bits per heavy atom. The lowest BCUT2D eigenvalue weighted by molar-refractivity contribution is -0.133. The van der Waals surface area contributed by atoms with Gasteiger partial charge < -0.3 is 4.74 Å². The van der Waals surface area contributed by atoms with E-state index in [0.29, 0.717) is 5.02 Å². The lowest BCUT2D eigenvalue weighted by Crippen LogP contribution is -2.15. The van der Waals surface area contributed by atoms with Gasteiger partial charge in [-0.1, -0.05) is 40.9 Å². The third-order valence-corrected chi connectivity index (χ3v) is 5.67. The van der Waals surface area contributed by atoms with Gasteiger partial charge in [-0.05, 0) is 36.4 Å². The Hall–Kier alpha value is -1.27. The Kier molecular flexibility index (Phi) is 5.92. The SMILES string of the molecule is O=C(CCS(=O)(=O)c1ccc(Cl)cc1)Oc1cccc(Cl)c1Cl. The average Bonchev–Trinajstić information content (AvgIpc) is 2.50. The van der Waals surface area contributed by atoms with Crippen LogP contribution in [0.5, 0.6) is 5.75 Å². The van der Waals surface area contributed by atoms with Crippen molar-refractivity contribution in [2.45, 2.75) is 11.3 Å². The second kappa shape index (κ2) is 7.53. The smallest absolute Gasteiger partial charge is 0.312 e. The average molecular weight is 394 g/mol. The van der Waals surface area contributed by atoms with E-state index in [9.17, 15) is 13.2 Å². The van der Waals surface area contributed by atoms with Gasteiger partial charge in [0.1, 0.15) is 5.02 Å². The summed E-state index contributed by atoms with van der Waals surface area (Å²) >= 11 is 17.4. The van der Waals surface area contributed by atoms with Crippen molar-refractivity contribution in [3.63, 3.8) is 0 Å². The van der Waals surface area contributed by atoms with E-state index >= 15 is 0 Å². The number of ether oxygens (including phenoxy) is 1. The lowest BCUT2D eigenvalue weighted by Gasteiger charge is -2.08. The molecule has 2 aromatic carbocycles. The van der Waals surface area contributed by atoms with Crippen LogP contribution in [-0.4, -0.2) is 20.1 Å². The largest absolute Gasteiger partial charge is 0.425 e. The third-order valence-electron chi connectivity index (χ3n) is 2.89. The highest BCUT2D eigenvalue weighted by molar-refractivity contribution is 7.91. The van der Waals surface area contributed by atoms with E-state index in [1.165, 1.54) is 30.3 Å². The number of rotatable bonds is 5. The molecule has 0 unspecified atom stereocenters. The van der Waals surface area contributed by atoms with Crippen LogP contribution in [-0.2, 0) is 14.6 Å². The maximum absolute atomic E-state index is 12.1. The fourth-order valence-corrected chi connectivity index (χ4v) is 3.39. The molecule has 122 valence electrons. The van der Waals surface area contributed by atoms with Gasteiger partial charge in [0.15, 0.2) is 15.6 Å². The maximum atomic E-state index is 12.1. The van der Waals surface area contributed by atoms with E-state index < -0.39 is 15.8 Å². The van der Waals surface area contributed by atoms with Crippen LogP contribution in [0, 0.1) is 0 Å². The normalized spacial score (nSPS) is 11.3. The summed E-state index contributed by atoms with van der Waals surface area (Å²) in [6, 6.07) is 10.3. The highest BCUT2D eigenvalue weighted by Crippen LogP contribution is 2.31. The van der Waals surface area contributed by atoms with Crippen LogP contribution >= 0.6 is 34.8 Å². The Morgan fingerprint density at radius 2 is 1.65 bits per heavy atom. The van der Waals surface area contributed by atoms with Crippen LogP contribution < -0.4 is 4.74 Å². The Labute approximate surface area is 148 Å². The van der Waals surface area contributed by atoms with Gasteiger partial charge in [-0.15, -0.1) is 0 Å². The summed E-state index contributed by atoms with van der Waals surface area (Å²) in [5, 5.41) is 0.771. The van der Waals surface area contributed by atoms with Gasteiger partial charge in [0.2, 0.25) is 0 Å². The number of esters is 1. The molecule has 0 aliphatic rings. The van der Waals surface area contributed by atoms with Crippen LogP contribution in [0.2, 0.25) is 15.1 Å². The van der Waals surface area contributed by atoms with Crippen molar-refractivity contribution in [3.05, 3.63) is 57.5 Å². The fraction of sp³-hybridized carbons (Fsp3) is 0.133. The number of hydrogen-bond donors (Lipinski definition) is 0. The molecule has 23 heavy (non-hydrogen) atoms. The summed E-state index contributed by atoms with van der Waals surface area (Å²) in [7, 11) is -3.60.